The van der Waals surface area contributed by atoms with Crippen LogP contribution in [0.3, 0.4) is 0 Å². The van der Waals surface area contributed by atoms with Gasteiger partial charge in [-0.2, -0.15) is 0 Å². The summed E-state index contributed by atoms with van der Waals surface area (Å²) in [6.45, 7) is 1.75. The molecule has 1 aromatic rings. The van der Waals surface area contributed by atoms with Crippen molar-refractivity contribution in [2.24, 2.45) is 11.8 Å². The summed E-state index contributed by atoms with van der Waals surface area (Å²) in [5, 5.41) is 20.9. The fourth-order valence-corrected chi connectivity index (χ4v) is 2.49. The van der Waals surface area contributed by atoms with Crippen LogP contribution in [0.5, 0.6) is 0 Å². The Morgan fingerprint density at radius 2 is 1.73 bits per heavy atom. The molecule has 22 heavy (non-hydrogen) atoms. The number of hydrogen-bond donors (Lipinski definition) is 3. The lowest BCUT2D eigenvalue weighted by molar-refractivity contribution is -0.146. The number of carbonyl (C=O) groups excluding carboxylic acids is 1. The van der Waals surface area contributed by atoms with Gasteiger partial charge in [0.2, 0.25) is 5.91 Å². The molecule has 116 valence electrons. The maximum Gasteiger partial charge on any atom is 0.335 e. The van der Waals surface area contributed by atoms with Crippen molar-refractivity contribution < 1.29 is 24.6 Å². The topological polar surface area (TPSA) is 104 Å². The molecule has 3 N–H and O–H groups in total. The first kappa shape index (κ1) is 15.8. The molecule has 0 saturated heterocycles. The number of amides is 1. The first-order valence-electron chi connectivity index (χ1n) is 6.92. The van der Waals surface area contributed by atoms with E-state index in [0.29, 0.717) is 18.5 Å². The summed E-state index contributed by atoms with van der Waals surface area (Å²) in [6, 6.07) is 4.44. The van der Waals surface area contributed by atoms with E-state index < -0.39 is 29.7 Å². The van der Waals surface area contributed by atoms with Crippen LogP contribution in [-0.2, 0) is 9.59 Å². The average Bonchev–Trinajstić information content (AvgIpc) is 2.49. The van der Waals surface area contributed by atoms with Crippen molar-refractivity contribution in [1.82, 2.24) is 0 Å². The number of rotatable bonds is 4. The van der Waals surface area contributed by atoms with Gasteiger partial charge in [-0.3, -0.25) is 9.59 Å². The zero-order valence-electron chi connectivity index (χ0n) is 12.1. The van der Waals surface area contributed by atoms with Crippen molar-refractivity contribution in [1.29, 1.82) is 0 Å². The third-order valence-electron chi connectivity index (χ3n) is 3.83. The number of carbonyl (C=O) groups is 3. The predicted octanol–water partition coefficient (Wildman–Crippen LogP) is 2.30. The number of aryl methyl sites for hydroxylation is 1. The maximum atomic E-state index is 12.4. The SMILES string of the molecule is Cc1ccc(C(=O)O)cc1NC(=O)[C@H]1CC=CC[C@H]1C(=O)O. The Bertz CT molecular complexity index is 650. The van der Waals surface area contributed by atoms with Gasteiger partial charge in [0.05, 0.1) is 17.4 Å². The molecule has 1 aliphatic rings. The highest BCUT2D eigenvalue weighted by molar-refractivity contribution is 5.97. The van der Waals surface area contributed by atoms with Crippen LogP contribution in [0.2, 0.25) is 0 Å². The molecular weight excluding hydrogens is 286 g/mol. The first-order chi connectivity index (χ1) is 10.4. The van der Waals surface area contributed by atoms with E-state index >= 15 is 0 Å². The summed E-state index contributed by atoms with van der Waals surface area (Å²) in [6.07, 6.45) is 4.24. The standard InChI is InChI=1S/C16H17NO5/c1-9-6-7-10(15(19)20)8-13(9)17-14(18)11-4-2-3-5-12(11)16(21)22/h2-3,6-8,11-12H,4-5H2,1H3,(H,17,18)(H,19,20)(H,21,22)/t11-,12+/m0/s1. The molecule has 1 aromatic carbocycles. The molecule has 1 aliphatic carbocycles. The third-order valence-corrected chi connectivity index (χ3v) is 3.83. The van der Waals surface area contributed by atoms with Gasteiger partial charge in [-0.05, 0) is 37.5 Å². The van der Waals surface area contributed by atoms with Gasteiger partial charge in [0.1, 0.15) is 0 Å². The molecule has 2 atom stereocenters. The molecule has 0 unspecified atom stereocenters. The van der Waals surface area contributed by atoms with Crippen molar-refractivity contribution in [3.8, 4) is 0 Å². The number of carboxylic acid groups (broad SMARTS) is 2. The summed E-state index contributed by atoms with van der Waals surface area (Å²) >= 11 is 0. The summed E-state index contributed by atoms with van der Waals surface area (Å²) in [4.78, 5) is 34.6. The van der Waals surface area contributed by atoms with Crippen LogP contribution in [-0.4, -0.2) is 28.1 Å². The van der Waals surface area contributed by atoms with Crippen LogP contribution in [0, 0.1) is 18.8 Å². The molecule has 0 radical (unpaired) electrons. The van der Waals surface area contributed by atoms with E-state index in [9.17, 15) is 19.5 Å². The molecule has 2 rings (SSSR count). The van der Waals surface area contributed by atoms with Gasteiger partial charge < -0.3 is 15.5 Å². The number of nitrogens with one attached hydrogen (secondary N) is 1. The van der Waals surface area contributed by atoms with E-state index in [-0.39, 0.29) is 5.56 Å². The van der Waals surface area contributed by atoms with Crippen LogP contribution in [0.25, 0.3) is 0 Å². The minimum atomic E-state index is -1.08. The van der Waals surface area contributed by atoms with Crippen molar-refractivity contribution in [2.75, 3.05) is 5.32 Å². The summed E-state index contributed by atoms with van der Waals surface area (Å²) in [5.41, 5.74) is 1.18. The van der Waals surface area contributed by atoms with Gasteiger partial charge in [0, 0.05) is 5.69 Å². The zero-order chi connectivity index (χ0) is 16.3. The minimum absolute atomic E-state index is 0.0687. The van der Waals surface area contributed by atoms with Gasteiger partial charge in [-0.1, -0.05) is 18.2 Å². The second-order valence-corrected chi connectivity index (χ2v) is 5.32. The molecule has 6 nitrogen and oxygen atoms in total. The molecular formula is C16H17NO5. The Labute approximate surface area is 127 Å². The van der Waals surface area contributed by atoms with Crippen LogP contribution >= 0.6 is 0 Å². The Morgan fingerprint density at radius 1 is 1.09 bits per heavy atom. The van der Waals surface area contributed by atoms with Gasteiger partial charge >= 0.3 is 11.9 Å². The highest BCUT2D eigenvalue weighted by atomic mass is 16.4. The van der Waals surface area contributed by atoms with Crippen molar-refractivity contribution in [3.05, 3.63) is 41.5 Å². The quantitative estimate of drug-likeness (QED) is 0.740. The lowest BCUT2D eigenvalue weighted by Gasteiger charge is -2.24. The second kappa shape index (κ2) is 6.43. The molecule has 0 fully saturated rings. The number of anilines is 1. The van der Waals surface area contributed by atoms with E-state index in [1.807, 2.05) is 0 Å². The highest BCUT2D eigenvalue weighted by Gasteiger charge is 2.34. The number of benzene rings is 1. The summed E-state index contributed by atoms with van der Waals surface area (Å²) in [7, 11) is 0. The predicted molar refractivity (Wildman–Crippen MR) is 79.8 cm³/mol. The Hall–Kier alpha value is -2.63. The van der Waals surface area contributed by atoms with Crippen LogP contribution < -0.4 is 5.32 Å². The Kier molecular flexibility index (Phi) is 4.60. The largest absolute Gasteiger partial charge is 0.481 e. The van der Waals surface area contributed by atoms with Gasteiger partial charge in [-0.15, -0.1) is 0 Å². The van der Waals surface area contributed by atoms with E-state index in [0.717, 1.165) is 5.56 Å². The van der Waals surface area contributed by atoms with E-state index in [4.69, 9.17) is 5.11 Å². The molecule has 0 aliphatic heterocycles. The lowest BCUT2D eigenvalue weighted by atomic mass is 9.82. The minimum Gasteiger partial charge on any atom is -0.481 e. The second-order valence-electron chi connectivity index (χ2n) is 5.32. The first-order valence-corrected chi connectivity index (χ1v) is 6.92. The molecule has 0 aromatic heterocycles. The number of allylic oxidation sites excluding steroid dienone is 2. The molecule has 0 spiro atoms. The van der Waals surface area contributed by atoms with Gasteiger partial charge in [0.15, 0.2) is 0 Å². The number of aromatic carboxylic acids is 1. The fraction of sp³-hybridized carbons (Fsp3) is 0.312. The van der Waals surface area contributed by atoms with Crippen molar-refractivity contribution >= 4 is 23.5 Å². The van der Waals surface area contributed by atoms with Gasteiger partial charge in [-0.25, -0.2) is 4.79 Å². The van der Waals surface area contributed by atoms with Crippen LogP contribution in [0.15, 0.2) is 30.4 Å². The van der Waals surface area contributed by atoms with Crippen LogP contribution in [0.1, 0.15) is 28.8 Å². The Balaban J connectivity index is 2.21. The summed E-state index contributed by atoms with van der Waals surface area (Å²) in [5.74, 6) is -3.90. The molecule has 0 heterocycles. The van der Waals surface area contributed by atoms with E-state index in [2.05, 4.69) is 5.32 Å². The molecule has 1 amide bonds. The van der Waals surface area contributed by atoms with Gasteiger partial charge in [0.25, 0.3) is 0 Å². The van der Waals surface area contributed by atoms with Crippen molar-refractivity contribution in [3.63, 3.8) is 0 Å². The molecule has 0 saturated carbocycles. The van der Waals surface area contributed by atoms with E-state index in [1.54, 1.807) is 25.1 Å². The smallest absolute Gasteiger partial charge is 0.335 e. The number of aliphatic carboxylic acids is 1. The summed E-state index contributed by atoms with van der Waals surface area (Å²) < 4.78 is 0. The lowest BCUT2D eigenvalue weighted by Crippen LogP contribution is -2.34. The number of carboxylic acids is 2. The highest BCUT2D eigenvalue weighted by Crippen LogP contribution is 2.28. The number of hydrogen-bond acceptors (Lipinski definition) is 3. The molecule has 0 bridgehead atoms. The molecule has 6 heteroatoms. The maximum absolute atomic E-state index is 12.4. The monoisotopic (exact) mass is 303 g/mol. The third kappa shape index (κ3) is 3.33. The van der Waals surface area contributed by atoms with E-state index in [1.165, 1.54) is 12.1 Å². The van der Waals surface area contributed by atoms with Crippen LogP contribution in [0.4, 0.5) is 5.69 Å². The normalized spacial score (nSPS) is 20.4. The fourth-order valence-electron chi connectivity index (χ4n) is 2.49. The Morgan fingerprint density at radius 3 is 2.32 bits per heavy atom. The average molecular weight is 303 g/mol. The zero-order valence-corrected chi connectivity index (χ0v) is 12.1. The van der Waals surface area contributed by atoms with Crippen molar-refractivity contribution in [2.45, 2.75) is 19.8 Å².